The van der Waals surface area contributed by atoms with Gasteiger partial charge in [-0.25, -0.2) is 4.79 Å². The molecule has 128 valence electrons. The summed E-state index contributed by atoms with van der Waals surface area (Å²) in [6.07, 6.45) is 1.14. The van der Waals surface area contributed by atoms with Crippen LogP contribution in [0.15, 0.2) is 18.2 Å². The standard InChI is InChI=1S/C18H26ClNO3/c1-13-11-14(5-6-15(13)19)18(12-21)7-9-20(10-8-18)16(22)23-17(2,3)4/h5-6,11,21H,7-10,12H2,1-4H3. The largest absolute Gasteiger partial charge is 0.444 e. The van der Waals surface area contributed by atoms with E-state index in [9.17, 15) is 9.90 Å². The molecule has 1 aliphatic heterocycles. The minimum absolute atomic E-state index is 0.0657. The van der Waals surface area contributed by atoms with Crippen LogP contribution in [0.25, 0.3) is 0 Å². The molecule has 1 fully saturated rings. The van der Waals surface area contributed by atoms with Crippen molar-refractivity contribution in [1.82, 2.24) is 4.90 Å². The average Bonchev–Trinajstić information content (AvgIpc) is 2.48. The summed E-state index contributed by atoms with van der Waals surface area (Å²) in [6, 6.07) is 5.90. The predicted octanol–water partition coefficient (Wildman–Crippen LogP) is 3.91. The highest BCUT2D eigenvalue weighted by Gasteiger charge is 2.38. The Morgan fingerprint density at radius 1 is 1.35 bits per heavy atom. The zero-order valence-electron chi connectivity index (χ0n) is 14.4. The molecule has 0 saturated carbocycles. The van der Waals surface area contributed by atoms with Crippen molar-refractivity contribution in [2.24, 2.45) is 0 Å². The molecule has 0 bridgehead atoms. The fourth-order valence-electron chi connectivity index (χ4n) is 2.96. The zero-order chi connectivity index (χ0) is 17.3. The molecule has 1 heterocycles. The van der Waals surface area contributed by atoms with E-state index < -0.39 is 5.60 Å². The van der Waals surface area contributed by atoms with Gasteiger partial charge in [-0.3, -0.25) is 0 Å². The van der Waals surface area contributed by atoms with Crippen LogP contribution >= 0.6 is 11.6 Å². The number of aliphatic hydroxyl groups excluding tert-OH is 1. The molecule has 5 heteroatoms. The number of ether oxygens (including phenoxy) is 1. The molecule has 0 aromatic heterocycles. The van der Waals surface area contributed by atoms with Crippen molar-refractivity contribution in [3.63, 3.8) is 0 Å². The van der Waals surface area contributed by atoms with E-state index >= 15 is 0 Å². The smallest absolute Gasteiger partial charge is 0.410 e. The normalized spacial score (nSPS) is 17.9. The maximum Gasteiger partial charge on any atom is 0.410 e. The second-order valence-electron chi connectivity index (χ2n) is 7.37. The molecule has 0 atom stereocenters. The molecular formula is C18H26ClNO3. The molecule has 0 spiro atoms. The number of benzene rings is 1. The van der Waals surface area contributed by atoms with Crippen molar-refractivity contribution in [3.8, 4) is 0 Å². The lowest BCUT2D eigenvalue weighted by molar-refractivity contribution is 0.0123. The molecule has 0 unspecified atom stereocenters. The van der Waals surface area contributed by atoms with E-state index in [1.165, 1.54) is 0 Å². The van der Waals surface area contributed by atoms with Gasteiger partial charge in [0.1, 0.15) is 5.60 Å². The summed E-state index contributed by atoms with van der Waals surface area (Å²) in [4.78, 5) is 13.9. The van der Waals surface area contributed by atoms with Crippen LogP contribution in [0.5, 0.6) is 0 Å². The fourth-order valence-corrected chi connectivity index (χ4v) is 3.07. The third-order valence-electron chi connectivity index (χ3n) is 4.45. The van der Waals surface area contributed by atoms with Crippen LogP contribution in [0.2, 0.25) is 5.02 Å². The highest BCUT2D eigenvalue weighted by atomic mass is 35.5. The van der Waals surface area contributed by atoms with Crippen LogP contribution in [-0.4, -0.2) is 41.4 Å². The summed E-state index contributed by atoms with van der Waals surface area (Å²) >= 11 is 6.10. The van der Waals surface area contributed by atoms with E-state index in [1.54, 1.807) is 4.90 Å². The Balaban J connectivity index is 2.10. The van der Waals surface area contributed by atoms with Gasteiger partial charge in [-0.1, -0.05) is 23.7 Å². The van der Waals surface area contributed by atoms with Crippen LogP contribution in [0.4, 0.5) is 4.79 Å². The Morgan fingerprint density at radius 3 is 2.43 bits per heavy atom. The molecule has 1 N–H and O–H groups in total. The molecule has 1 aromatic rings. The third-order valence-corrected chi connectivity index (χ3v) is 4.87. The van der Waals surface area contributed by atoms with E-state index in [1.807, 2.05) is 45.9 Å². The van der Waals surface area contributed by atoms with Gasteiger partial charge in [-0.15, -0.1) is 0 Å². The number of piperidine rings is 1. The number of nitrogens with zero attached hydrogens (tertiary/aromatic N) is 1. The summed E-state index contributed by atoms with van der Waals surface area (Å²) in [6.45, 7) is 8.79. The second kappa shape index (κ2) is 6.70. The van der Waals surface area contributed by atoms with Crippen molar-refractivity contribution < 1.29 is 14.6 Å². The monoisotopic (exact) mass is 339 g/mol. The van der Waals surface area contributed by atoms with Crippen LogP contribution in [0.1, 0.15) is 44.7 Å². The maximum atomic E-state index is 12.2. The Kier molecular flexibility index (Phi) is 5.27. The quantitative estimate of drug-likeness (QED) is 0.888. The van der Waals surface area contributed by atoms with Gasteiger partial charge < -0.3 is 14.7 Å². The molecular weight excluding hydrogens is 314 g/mol. The lowest BCUT2D eigenvalue weighted by Crippen LogP contribution is -2.48. The SMILES string of the molecule is Cc1cc(C2(CO)CCN(C(=O)OC(C)(C)C)CC2)ccc1Cl. The summed E-state index contributed by atoms with van der Waals surface area (Å²) in [5.74, 6) is 0. The fraction of sp³-hybridized carbons (Fsp3) is 0.611. The Morgan fingerprint density at radius 2 is 1.96 bits per heavy atom. The van der Waals surface area contributed by atoms with E-state index in [4.69, 9.17) is 16.3 Å². The first kappa shape index (κ1) is 18.1. The van der Waals surface area contributed by atoms with Crippen LogP contribution < -0.4 is 0 Å². The second-order valence-corrected chi connectivity index (χ2v) is 7.78. The number of likely N-dealkylation sites (tertiary alicyclic amines) is 1. The predicted molar refractivity (Wildman–Crippen MR) is 92.0 cm³/mol. The number of carbonyl (C=O) groups is 1. The average molecular weight is 340 g/mol. The topological polar surface area (TPSA) is 49.8 Å². The third kappa shape index (κ3) is 4.18. The first-order valence-corrected chi connectivity index (χ1v) is 8.40. The van der Waals surface area contributed by atoms with Crippen molar-refractivity contribution in [2.45, 2.75) is 51.6 Å². The lowest BCUT2D eigenvalue weighted by Gasteiger charge is -2.41. The Labute approximate surface area is 143 Å². The number of hydrogen-bond acceptors (Lipinski definition) is 3. The van der Waals surface area contributed by atoms with Crippen molar-refractivity contribution in [1.29, 1.82) is 0 Å². The number of aryl methyl sites for hydroxylation is 1. The maximum absolute atomic E-state index is 12.2. The van der Waals surface area contributed by atoms with Crippen LogP contribution in [-0.2, 0) is 10.2 Å². The number of rotatable bonds is 2. The molecule has 1 aromatic carbocycles. The first-order chi connectivity index (χ1) is 10.7. The molecule has 0 radical (unpaired) electrons. The number of hydrogen-bond donors (Lipinski definition) is 1. The van der Waals surface area contributed by atoms with Crippen LogP contribution in [0.3, 0.4) is 0 Å². The van der Waals surface area contributed by atoms with Gasteiger partial charge in [0.2, 0.25) is 0 Å². The van der Waals surface area contributed by atoms with Gasteiger partial charge >= 0.3 is 6.09 Å². The highest BCUT2D eigenvalue weighted by molar-refractivity contribution is 6.31. The van der Waals surface area contributed by atoms with Gasteiger partial charge in [0.25, 0.3) is 0 Å². The van der Waals surface area contributed by atoms with Gasteiger partial charge in [-0.2, -0.15) is 0 Å². The summed E-state index contributed by atoms with van der Waals surface area (Å²) in [5.41, 5.74) is 1.29. The number of amides is 1. The van der Waals surface area contributed by atoms with E-state index in [0.717, 1.165) is 16.1 Å². The van der Waals surface area contributed by atoms with Crippen LogP contribution in [0, 0.1) is 6.92 Å². The van der Waals surface area contributed by atoms with Gasteiger partial charge in [0.15, 0.2) is 0 Å². The van der Waals surface area contributed by atoms with Crippen molar-refractivity contribution in [3.05, 3.63) is 34.3 Å². The molecule has 1 amide bonds. The lowest BCUT2D eigenvalue weighted by atomic mass is 9.73. The summed E-state index contributed by atoms with van der Waals surface area (Å²) in [5, 5.41) is 10.7. The molecule has 2 rings (SSSR count). The number of aliphatic hydroxyl groups is 1. The summed E-state index contributed by atoms with van der Waals surface area (Å²) < 4.78 is 5.43. The minimum Gasteiger partial charge on any atom is -0.444 e. The van der Waals surface area contributed by atoms with Crippen molar-refractivity contribution >= 4 is 17.7 Å². The zero-order valence-corrected chi connectivity index (χ0v) is 15.1. The van der Waals surface area contributed by atoms with Gasteiger partial charge in [0, 0.05) is 23.5 Å². The van der Waals surface area contributed by atoms with E-state index in [2.05, 4.69) is 0 Å². The van der Waals surface area contributed by atoms with E-state index in [-0.39, 0.29) is 18.1 Å². The minimum atomic E-state index is -0.490. The van der Waals surface area contributed by atoms with E-state index in [0.29, 0.717) is 25.9 Å². The van der Waals surface area contributed by atoms with Gasteiger partial charge in [-0.05, 0) is 57.7 Å². The molecule has 0 aliphatic carbocycles. The molecule has 4 nitrogen and oxygen atoms in total. The molecule has 23 heavy (non-hydrogen) atoms. The van der Waals surface area contributed by atoms with Gasteiger partial charge in [0.05, 0.1) is 6.61 Å². The Hall–Kier alpha value is -1.26. The highest BCUT2D eigenvalue weighted by Crippen LogP contribution is 2.37. The molecule has 1 aliphatic rings. The first-order valence-electron chi connectivity index (χ1n) is 8.02. The summed E-state index contributed by atoms with van der Waals surface area (Å²) in [7, 11) is 0. The molecule has 1 saturated heterocycles. The number of halogens is 1. The number of carbonyl (C=O) groups excluding carboxylic acids is 1. The Bertz CT molecular complexity index is 572. The van der Waals surface area contributed by atoms with Crippen molar-refractivity contribution in [2.75, 3.05) is 19.7 Å².